The van der Waals surface area contributed by atoms with Gasteiger partial charge in [-0.2, -0.15) is 0 Å². The maximum atomic E-state index is 12.0. The highest BCUT2D eigenvalue weighted by molar-refractivity contribution is 5.79. The van der Waals surface area contributed by atoms with E-state index < -0.39 is 0 Å². The Labute approximate surface area is 107 Å². The molecule has 1 aromatic rings. The fraction of sp³-hybridized carbons (Fsp3) is 0.500. The van der Waals surface area contributed by atoms with Crippen LogP contribution >= 0.6 is 0 Å². The van der Waals surface area contributed by atoms with Gasteiger partial charge in [-0.3, -0.25) is 4.79 Å². The molecule has 2 rings (SSSR count). The molecule has 98 valence electrons. The molecule has 1 amide bonds. The average molecular weight is 249 g/mol. The van der Waals surface area contributed by atoms with Gasteiger partial charge in [-0.15, -0.1) is 0 Å². The molecule has 0 saturated carbocycles. The van der Waals surface area contributed by atoms with Crippen LogP contribution in [0.15, 0.2) is 24.3 Å². The second-order valence-corrected chi connectivity index (χ2v) is 4.68. The Kier molecular flexibility index (Phi) is 4.20. The molecule has 4 heteroatoms. The van der Waals surface area contributed by atoms with E-state index in [1.807, 2.05) is 31.2 Å². The van der Waals surface area contributed by atoms with Gasteiger partial charge in [0.1, 0.15) is 12.4 Å². The Morgan fingerprint density at radius 1 is 1.56 bits per heavy atom. The first kappa shape index (κ1) is 12.9. The zero-order valence-corrected chi connectivity index (χ0v) is 10.8. The lowest BCUT2D eigenvalue weighted by atomic mass is 9.96. The van der Waals surface area contributed by atoms with Crippen molar-refractivity contribution >= 4 is 5.91 Å². The van der Waals surface area contributed by atoms with Gasteiger partial charge in [0.05, 0.1) is 12.5 Å². The molecule has 0 saturated heterocycles. The lowest BCUT2D eigenvalue weighted by Crippen LogP contribution is -2.43. The quantitative estimate of drug-likeness (QED) is 0.877. The number of ether oxygens (including phenoxy) is 2. The van der Waals surface area contributed by atoms with Crippen LogP contribution in [0, 0.1) is 5.92 Å². The number of carbonyl (C=O) groups excluding carboxylic acids is 1. The van der Waals surface area contributed by atoms with Crippen molar-refractivity contribution in [3.05, 3.63) is 29.8 Å². The summed E-state index contributed by atoms with van der Waals surface area (Å²) in [6.07, 6.45) is 0.738. The number of amides is 1. The van der Waals surface area contributed by atoms with E-state index >= 15 is 0 Å². The van der Waals surface area contributed by atoms with Gasteiger partial charge in [-0.25, -0.2) is 0 Å². The first-order chi connectivity index (χ1) is 8.70. The molecule has 0 aliphatic carbocycles. The maximum Gasteiger partial charge on any atom is 0.227 e. The van der Waals surface area contributed by atoms with Crippen molar-refractivity contribution in [2.45, 2.75) is 19.4 Å². The van der Waals surface area contributed by atoms with Gasteiger partial charge in [0, 0.05) is 13.2 Å². The summed E-state index contributed by atoms with van der Waals surface area (Å²) in [5.41, 5.74) is 1.10. The molecule has 0 spiro atoms. The van der Waals surface area contributed by atoms with Crippen molar-refractivity contribution in [2.75, 3.05) is 20.3 Å². The molecule has 2 atom stereocenters. The number of hydrogen-bond acceptors (Lipinski definition) is 3. The van der Waals surface area contributed by atoms with Crippen molar-refractivity contribution in [3.8, 4) is 5.75 Å². The monoisotopic (exact) mass is 249 g/mol. The van der Waals surface area contributed by atoms with Gasteiger partial charge in [0.15, 0.2) is 0 Å². The van der Waals surface area contributed by atoms with Gasteiger partial charge < -0.3 is 14.8 Å². The Hall–Kier alpha value is -1.55. The normalized spacial score (nSPS) is 19.6. The molecule has 1 aliphatic heterocycles. The zero-order chi connectivity index (χ0) is 13.0. The third kappa shape index (κ3) is 3.01. The summed E-state index contributed by atoms with van der Waals surface area (Å²) < 4.78 is 10.6. The highest BCUT2D eigenvalue weighted by Gasteiger charge is 2.26. The largest absolute Gasteiger partial charge is 0.492 e. The van der Waals surface area contributed by atoms with Gasteiger partial charge in [-0.1, -0.05) is 18.2 Å². The minimum atomic E-state index is -0.112. The van der Waals surface area contributed by atoms with E-state index in [1.165, 1.54) is 0 Å². The third-order valence-corrected chi connectivity index (χ3v) is 3.06. The van der Waals surface area contributed by atoms with Crippen LogP contribution in [0.25, 0.3) is 0 Å². The minimum absolute atomic E-state index is 0.0275. The number of nitrogens with one attached hydrogen (secondary N) is 1. The van der Waals surface area contributed by atoms with E-state index in [1.54, 1.807) is 7.11 Å². The Balaban J connectivity index is 1.94. The molecule has 0 fully saturated rings. The van der Waals surface area contributed by atoms with Crippen LogP contribution in [0.4, 0.5) is 0 Å². The third-order valence-electron chi connectivity index (χ3n) is 3.06. The van der Waals surface area contributed by atoms with Gasteiger partial charge in [0.2, 0.25) is 5.91 Å². The number of carbonyl (C=O) groups is 1. The lowest BCUT2D eigenvalue weighted by Gasteiger charge is -2.25. The first-order valence-electron chi connectivity index (χ1n) is 6.20. The number of rotatable bonds is 4. The molecule has 0 bridgehead atoms. The second-order valence-electron chi connectivity index (χ2n) is 4.68. The molecular formula is C14H19NO3. The van der Waals surface area contributed by atoms with Crippen molar-refractivity contribution in [3.63, 3.8) is 0 Å². The average Bonchev–Trinajstić information content (AvgIpc) is 2.38. The van der Waals surface area contributed by atoms with Crippen LogP contribution in [0.1, 0.15) is 12.5 Å². The molecular weight excluding hydrogens is 230 g/mol. The molecule has 1 heterocycles. The van der Waals surface area contributed by atoms with Crippen molar-refractivity contribution in [1.82, 2.24) is 5.32 Å². The van der Waals surface area contributed by atoms with Crippen molar-refractivity contribution in [1.29, 1.82) is 0 Å². The molecule has 0 radical (unpaired) electrons. The number of para-hydroxylation sites is 1. The molecule has 1 aromatic carbocycles. The Morgan fingerprint density at radius 3 is 3.11 bits per heavy atom. The second kappa shape index (κ2) is 5.87. The lowest BCUT2D eigenvalue weighted by molar-refractivity contribution is -0.127. The van der Waals surface area contributed by atoms with Gasteiger partial charge >= 0.3 is 0 Å². The molecule has 1 N–H and O–H groups in total. The van der Waals surface area contributed by atoms with E-state index in [9.17, 15) is 4.79 Å². The molecule has 1 aliphatic rings. The summed E-state index contributed by atoms with van der Waals surface area (Å²) in [6.45, 7) is 2.90. The van der Waals surface area contributed by atoms with E-state index in [0.717, 1.165) is 17.7 Å². The van der Waals surface area contributed by atoms with Gasteiger partial charge in [-0.05, 0) is 25.0 Å². The predicted octanol–water partition coefficient (Wildman–Crippen LogP) is 1.39. The van der Waals surface area contributed by atoms with Crippen LogP contribution in [0.3, 0.4) is 0 Å². The summed E-state index contributed by atoms with van der Waals surface area (Å²) in [5, 5.41) is 2.94. The molecule has 4 nitrogen and oxygen atoms in total. The van der Waals surface area contributed by atoms with Crippen LogP contribution in [-0.4, -0.2) is 32.3 Å². The summed E-state index contributed by atoms with van der Waals surface area (Å²) in [6, 6.07) is 7.89. The van der Waals surface area contributed by atoms with Crippen LogP contribution < -0.4 is 10.1 Å². The van der Waals surface area contributed by atoms with E-state index in [-0.39, 0.29) is 17.9 Å². The highest BCUT2D eigenvalue weighted by atomic mass is 16.5. The van der Waals surface area contributed by atoms with Crippen LogP contribution in [-0.2, 0) is 16.0 Å². The zero-order valence-electron chi connectivity index (χ0n) is 10.8. The van der Waals surface area contributed by atoms with Crippen molar-refractivity contribution in [2.24, 2.45) is 5.92 Å². The molecule has 18 heavy (non-hydrogen) atoms. The smallest absolute Gasteiger partial charge is 0.227 e. The summed E-state index contributed by atoms with van der Waals surface area (Å²) in [4.78, 5) is 12.0. The minimum Gasteiger partial charge on any atom is -0.492 e. The number of methoxy groups -OCH3 is 1. The standard InChI is InChI=1S/C14H19NO3/c1-10(8-17-2)15-14(16)12-7-11-5-3-4-6-13(11)18-9-12/h3-6,10,12H,7-9H2,1-2H3,(H,15,16)/t10-,12+/m0/s1. The van der Waals surface area contributed by atoms with E-state index in [0.29, 0.717) is 13.2 Å². The van der Waals surface area contributed by atoms with Gasteiger partial charge in [0.25, 0.3) is 0 Å². The highest BCUT2D eigenvalue weighted by Crippen LogP contribution is 2.26. The van der Waals surface area contributed by atoms with E-state index in [2.05, 4.69) is 5.32 Å². The SMILES string of the molecule is COC[C@H](C)NC(=O)[C@H]1COc2ccccc2C1. The Bertz CT molecular complexity index is 419. The topological polar surface area (TPSA) is 47.6 Å². The number of hydrogen-bond donors (Lipinski definition) is 1. The number of fused-ring (bicyclic) bond motifs is 1. The van der Waals surface area contributed by atoms with Crippen LogP contribution in [0.5, 0.6) is 5.75 Å². The number of benzene rings is 1. The first-order valence-corrected chi connectivity index (χ1v) is 6.20. The van der Waals surface area contributed by atoms with E-state index in [4.69, 9.17) is 9.47 Å². The fourth-order valence-electron chi connectivity index (χ4n) is 2.15. The van der Waals surface area contributed by atoms with Crippen LogP contribution in [0.2, 0.25) is 0 Å². The maximum absolute atomic E-state index is 12.0. The molecule has 0 unspecified atom stereocenters. The summed E-state index contributed by atoms with van der Waals surface area (Å²) in [5.74, 6) is 0.819. The van der Waals surface area contributed by atoms with Crippen molar-refractivity contribution < 1.29 is 14.3 Å². The predicted molar refractivity (Wildman–Crippen MR) is 68.6 cm³/mol. The summed E-state index contributed by atoms with van der Waals surface area (Å²) in [7, 11) is 1.63. The Morgan fingerprint density at radius 2 is 2.33 bits per heavy atom. The molecule has 0 aromatic heterocycles. The fourth-order valence-corrected chi connectivity index (χ4v) is 2.15. The summed E-state index contributed by atoms with van der Waals surface area (Å²) >= 11 is 0.